The van der Waals surface area contributed by atoms with Gasteiger partial charge in [-0.25, -0.2) is 8.42 Å². The molecule has 3 aromatic rings. The molecule has 0 bridgehead atoms. The molecule has 0 aliphatic heterocycles. The van der Waals surface area contributed by atoms with E-state index < -0.39 is 16.1 Å². The van der Waals surface area contributed by atoms with Gasteiger partial charge < -0.3 is 4.52 Å². The minimum absolute atomic E-state index is 0.106. The Morgan fingerprint density at radius 3 is 2.38 bits per heavy atom. The number of nitrogens with one attached hydrogen (secondary N) is 1. The Morgan fingerprint density at radius 2 is 1.69 bits per heavy atom. The zero-order valence-corrected chi connectivity index (χ0v) is 17.4. The van der Waals surface area contributed by atoms with Gasteiger partial charge in [-0.15, -0.1) is 0 Å². The number of hydrogen-bond acceptors (Lipinski definition) is 5. The molecule has 0 saturated heterocycles. The predicted octanol–water partition coefficient (Wildman–Crippen LogP) is 4.99. The van der Waals surface area contributed by atoms with Gasteiger partial charge in [-0.3, -0.25) is 0 Å². The van der Waals surface area contributed by atoms with Gasteiger partial charge in [0.05, 0.1) is 4.90 Å². The maximum Gasteiger partial charge on any atom is 0.245 e. The van der Waals surface area contributed by atoms with E-state index in [-0.39, 0.29) is 10.8 Å². The molecular formula is C21H22ClN3O3S. The fraction of sp³-hybridized carbons (Fsp3) is 0.333. The first-order valence-corrected chi connectivity index (χ1v) is 11.6. The summed E-state index contributed by atoms with van der Waals surface area (Å²) >= 11 is 5.90. The molecule has 1 aromatic heterocycles. The second-order valence-corrected chi connectivity index (χ2v) is 9.42. The van der Waals surface area contributed by atoms with Crippen molar-refractivity contribution in [1.82, 2.24) is 14.9 Å². The minimum Gasteiger partial charge on any atom is -0.337 e. The minimum atomic E-state index is -3.77. The Kier molecular flexibility index (Phi) is 5.99. The molecule has 1 unspecified atom stereocenters. The molecule has 6 nitrogen and oxygen atoms in total. The third-order valence-electron chi connectivity index (χ3n) is 5.27. The average molecular weight is 432 g/mol. The number of nitrogens with zero attached hydrogens (tertiary/aromatic N) is 2. The molecule has 1 N–H and O–H groups in total. The van der Waals surface area contributed by atoms with Gasteiger partial charge in [-0.1, -0.05) is 66.4 Å². The van der Waals surface area contributed by atoms with E-state index in [0.717, 1.165) is 37.7 Å². The first kappa shape index (κ1) is 20.1. The zero-order chi connectivity index (χ0) is 20.3. The number of rotatable bonds is 6. The van der Waals surface area contributed by atoms with Crippen LogP contribution in [0.1, 0.15) is 44.0 Å². The number of benzene rings is 2. The van der Waals surface area contributed by atoms with Crippen molar-refractivity contribution in [3.05, 3.63) is 65.5 Å². The summed E-state index contributed by atoms with van der Waals surface area (Å²) in [7, 11) is -3.77. The second-order valence-electron chi connectivity index (χ2n) is 7.27. The molecule has 8 heteroatoms. The highest BCUT2D eigenvalue weighted by Gasteiger charge is 2.33. The van der Waals surface area contributed by atoms with Crippen molar-refractivity contribution in [3.8, 4) is 11.4 Å². The van der Waals surface area contributed by atoms with Crippen LogP contribution < -0.4 is 4.72 Å². The van der Waals surface area contributed by atoms with Gasteiger partial charge in [-0.05, 0) is 43.0 Å². The molecule has 1 saturated carbocycles. The molecule has 0 radical (unpaired) electrons. The molecule has 1 fully saturated rings. The summed E-state index contributed by atoms with van der Waals surface area (Å²) in [5.74, 6) is 0.857. The van der Waals surface area contributed by atoms with E-state index in [9.17, 15) is 8.42 Å². The third kappa shape index (κ3) is 4.69. The zero-order valence-electron chi connectivity index (χ0n) is 15.8. The summed E-state index contributed by atoms with van der Waals surface area (Å²) in [5, 5.41) is 4.56. The van der Waals surface area contributed by atoms with Crippen molar-refractivity contribution >= 4 is 21.6 Å². The van der Waals surface area contributed by atoms with Crippen LogP contribution >= 0.6 is 11.6 Å². The van der Waals surface area contributed by atoms with E-state index in [1.54, 1.807) is 12.1 Å². The van der Waals surface area contributed by atoms with Crippen LogP contribution in [0.2, 0.25) is 5.02 Å². The molecule has 29 heavy (non-hydrogen) atoms. The Labute approximate surface area is 175 Å². The molecule has 1 heterocycles. The largest absolute Gasteiger partial charge is 0.337 e. The van der Waals surface area contributed by atoms with Crippen LogP contribution in [0.25, 0.3) is 11.4 Å². The smallest absolute Gasteiger partial charge is 0.245 e. The van der Waals surface area contributed by atoms with Crippen molar-refractivity contribution in [2.45, 2.75) is 43.0 Å². The molecule has 1 aliphatic rings. The first-order valence-electron chi connectivity index (χ1n) is 9.70. The highest BCUT2D eigenvalue weighted by molar-refractivity contribution is 7.89. The lowest BCUT2D eigenvalue weighted by molar-refractivity contribution is 0.242. The van der Waals surface area contributed by atoms with E-state index >= 15 is 0 Å². The lowest BCUT2D eigenvalue weighted by atomic mass is 9.84. The van der Waals surface area contributed by atoms with Crippen molar-refractivity contribution in [3.63, 3.8) is 0 Å². The fourth-order valence-electron chi connectivity index (χ4n) is 3.73. The molecule has 1 aliphatic carbocycles. The van der Waals surface area contributed by atoms with Gasteiger partial charge in [0, 0.05) is 10.6 Å². The molecule has 1 atom stereocenters. The van der Waals surface area contributed by atoms with Crippen molar-refractivity contribution in [1.29, 1.82) is 0 Å². The monoisotopic (exact) mass is 431 g/mol. The first-order chi connectivity index (χ1) is 14.0. The standard InChI is InChI=1S/C21H22ClN3O3S/c22-17-11-13-18(14-12-17)29(26,27)25-19(15-7-3-1-4-8-15)21-23-20(24-28-21)16-9-5-2-6-10-16/h2,5-6,9-15,19,25H,1,3-4,7-8H2. The van der Waals surface area contributed by atoms with E-state index in [0.29, 0.717) is 16.7 Å². The van der Waals surface area contributed by atoms with Gasteiger partial charge in [-0.2, -0.15) is 9.71 Å². The van der Waals surface area contributed by atoms with E-state index in [1.165, 1.54) is 12.1 Å². The van der Waals surface area contributed by atoms with Crippen LogP contribution in [0, 0.1) is 5.92 Å². The van der Waals surface area contributed by atoms with Gasteiger partial charge in [0.2, 0.25) is 21.7 Å². The number of hydrogen-bond donors (Lipinski definition) is 1. The summed E-state index contributed by atoms with van der Waals surface area (Å²) in [5.41, 5.74) is 0.824. The lowest BCUT2D eigenvalue weighted by Crippen LogP contribution is -2.34. The highest BCUT2D eigenvalue weighted by atomic mass is 35.5. The van der Waals surface area contributed by atoms with Crippen molar-refractivity contribution < 1.29 is 12.9 Å². The summed E-state index contributed by atoms with van der Waals surface area (Å²) in [4.78, 5) is 4.68. The lowest BCUT2D eigenvalue weighted by Gasteiger charge is -2.28. The summed E-state index contributed by atoms with van der Waals surface area (Å²) in [6.45, 7) is 0. The molecule has 0 amide bonds. The highest BCUT2D eigenvalue weighted by Crippen LogP contribution is 2.35. The van der Waals surface area contributed by atoms with Crippen LogP contribution in [0.3, 0.4) is 0 Å². The third-order valence-corrected chi connectivity index (χ3v) is 6.98. The maximum absolute atomic E-state index is 13.0. The van der Waals surface area contributed by atoms with Gasteiger partial charge in [0.1, 0.15) is 6.04 Å². The summed E-state index contributed by atoms with van der Waals surface area (Å²) in [6.07, 6.45) is 5.10. The van der Waals surface area contributed by atoms with Crippen molar-refractivity contribution in [2.24, 2.45) is 5.92 Å². The predicted molar refractivity (Wildman–Crippen MR) is 111 cm³/mol. The van der Waals surface area contributed by atoms with Crippen LogP contribution in [0.5, 0.6) is 0 Å². The Morgan fingerprint density at radius 1 is 1.00 bits per heavy atom. The number of halogens is 1. The van der Waals surface area contributed by atoms with Crippen LogP contribution in [-0.4, -0.2) is 18.6 Å². The molecule has 152 valence electrons. The topological polar surface area (TPSA) is 85.1 Å². The summed E-state index contributed by atoms with van der Waals surface area (Å²) in [6, 6.07) is 15.0. The molecule has 2 aromatic carbocycles. The maximum atomic E-state index is 13.0. The quantitative estimate of drug-likeness (QED) is 0.594. The molecule has 0 spiro atoms. The second kappa shape index (κ2) is 8.65. The molecule has 4 rings (SSSR count). The Hall–Kier alpha value is -2.22. The Bertz CT molecular complexity index is 1050. The normalized spacial score (nSPS) is 16.6. The van der Waals surface area contributed by atoms with E-state index in [1.807, 2.05) is 30.3 Å². The Balaban J connectivity index is 1.65. The van der Waals surface area contributed by atoms with Crippen LogP contribution in [0.15, 0.2) is 64.0 Å². The van der Waals surface area contributed by atoms with E-state index in [4.69, 9.17) is 16.1 Å². The molecular weight excluding hydrogens is 410 g/mol. The van der Waals surface area contributed by atoms with Gasteiger partial charge >= 0.3 is 0 Å². The van der Waals surface area contributed by atoms with E-state index in [2.05, 4.69) is 14.9 Å². The van der Waals surface area contributed by atoms with Gasteiger partial charge in [0.15, 0.2) is 0 Å². The van der Waals surface area contributed by atoms with Crippen molar-refractivity contribution in [2.75, 3.05) is 0 Å². The van der Waals surface area contributed by atoms with Crippen LogP contribution in [0.4, 0.5) is 0 Å². The number of aromatic nitrogens is 2. The van der Waals surface area contributed by atoms with Crippen LogP contribution in [-0.2, 0) is 10.0 Å². The average Bonchev–Trinajstić information content (AvgIpc) is 3.24. The fourth-order valence-corrected chi connectivity index (χ4v) is 5.11. The van der Waals surface area contributed by atoms with Gasteiger partial charge in [0.25, 0.3) is 0 Å². The SMILES string of the molecule is O=S(=O)(NC(c1nc(-c2ccccc2)no1)C1CCCCC1)c1ccc(Cl)cc1. The summed E-state index contributed by atoms with van der Waals surface area (Å²) < 4.78 is 34.3. The number of sulfonamides is 1.